The summed E-state index contributed by atoms with van der Waals surface area (Å²) in [6.45, 7) is 2.38. The van der Waals surface area contributed by atoms with Gasteiger partial charge in [0.1, 0.15) is 0 Å². The van der Waals surface area contributed by atoms with Gasteiger partial charge < -0.3 is 14.2 Å². The van der Waals surface area contributed by atoms with E-state index < -0.39 is 0 Å². The molecule has 0 amide bonds. The number of rotatable bonds is 6. The molecule has 0 bridgehead atoms. The number of hydrogen-bond acceptors (Lipinski definition) is 3. The molecule has 1 aromatic carbocycles. The molecule has 1 heterocycles. The lowest BCUT2D eigenvalue weighted by Crippen LogP contribution is -2.25. The molecule has 1 aliphatic rings. The van der Waals surface area contributed by atoms with Crippen molar-refractivity contribution < 1.29 is 14.2 Å². The predicted octanol–water partition coefficient (Wildman–Crippen LogP) is 3.27. The van der Waals surface area contributed by atoms with E-state index >= 15 is 0 Å². The number of benzene rings is 1. The first-order valence-corrected chi connectivity index (χ1v) is 7.31. The lowest BCUT2D eigenvalue weighted by atomic mass is 9.87. The lowest BCUT2D eigenvalue weighted by Gasteiger charge is -2.24. The van der Waals surface area contributed by atoms with Gasteiger partial charge in [-0.3, -0.25) is 0 Å². The molecule has 1 saturated heterocycles. The summed E-state index contributed by atoms with van der Waals surface area (Å²) in [7, 11) is 1.66. The van der Waals surface area contributed by atoms with E-state index in [-0.39, 0.29) is 5.41 Å². The quantitative estimate of drug-likeness (QED) is 0.754. The fraction of sp³-hybridized carbons (Fsp3) is 0.571. The van der Waals surface area contributed by atoms with Crippen LogP contribution in [-0.2, 0) is 4.74 Å². The molecular weight excluding hydrogens is 296 g/mol. The minimum absolute atomic E-state index is 0.238. The van der Waals surface area contributed by atoms with E-state index in [0.717, 1.165) is 42.9 Å². The Morgan fingerprint density at radius 2 is 2.11 bits per heavy atom. The third kappa shape index (κ3) is 3.18. The van der Waals surface area contributed by atoms with Crippen LogP contribution >= 0.6 is 15.9 Å². The minimum Gasteiger partial charge on any atom is -0.493 e. The Kier molecular flexibility index (Phi) is 4.89. The smallest absolute Gasteiger partial charge is 0.161 e. The molecule has 1 fully saturated rings. The number of para-hydroxylation sites is 2. The van der Waals surface area contributed by atoms with Gasteiger partial charge >= 0.3 is 0 Å². The van der Waals surface area contributed by atoms with Gasteiger partial charge in [-0.25, -0.2) is 0 Å². The summed E-state index contributed by atoms with van der Waals surface area (Å²) in [4.78, 5) is 0. The minimum atomic E-state index is 0.238. The third-order valence-electron chi connectivity index (χ3n) is 3.43. The van der Waals surface area contributed by atoms with Crippen LogP contribution in [0.1, 0.15) is 12.8 Å². The van der Waals surface area contributed by atoms with Crippen molar-refractivity contribution in [2.45, 2.75) is 12.8 Å². The van der Waals surface area contributed by atoms with Crippen molar-refractivity contribution in [3.8, 4) is 11.5 Å². The molecule has 3 nitrogen and oxygen atoms in total. The molecular formula is C14H19BrO3. The van der Waals surface area contributed by atoms with Crippen LogP contribution in [0.3, 0.4) is 0 Å². The molecule has 18 heavy (non-hydrogen) atoms. The van der Waals surface area contributed by atoms with Crippen LogP contribution in [0, 0.1) is 5.41 Å². The van der Waals surface area contributed by atoms with Crippen molar-refractivity contribution in [2.75, 3.05) is 32.3 Å². The molecule has 4 heteroatoms. The molecule has 1 unspecified atom stereocenters. The molecule has 0 radical (unpaired) electrons. The van der Waals surface area contributed by atoms with E-state index in [1.54, 1.807) is 7.11 Å². The summed E-state index contributed by atoms with van der Waals surface area (Å²) in [5.41, 5.74) is 0.238. The van der Waals surface area contributed by atoms with Crippen molar-refractivity contribution in [1.29, 1.82) is 0 Å². The van der Waals surface area contributed by atoms with E-state index in [9.17, 15) is 0 Å². The average molecular weight is 315 g/mol. The van der Waals surface area contributed by atoms with E-state index in [0.29, 0.717) is 6.61 Å². The summed E-state index contributed by atoms with van der Waals surface area (Å²) in [5, 5.41) is 0.968. The van der Waals surface area contributed by atoms with Gasteiger partial charge in [0, 0.05) is 17.4 Å². The van der Waals surface area contributed by atoms with Crippen molar-refractivity contribution in [3.63, 3.8) is 0 Å². The molecule has 0 aromatic heterocycles. The molecule has 0 spiro atoms. The number of methoxy groups -OCH3 is 1. The highest BCUT2D eigenvalue weighted by Crippen LogP contribution is 2.35. The highest BCUT2D eigenvalue weighted by atomic mass is 79.9. The van der Waals surface area contributed by atoms with Crippen LogP contribution in [0.15, 0.2) is 24.3 Å². The Morgan fingerprint density at radius 3 is 2.72 bits per heavy atom. The van der Waals surface area contributed by atoms with Gasteiger partial charge in [-0.05, 0) is 25.0 Å². The van der Waals surface area contributed by atoms with Gasteiger partial charge in [0.25, 0.3) is 0 Å². The van der Waals surface area contributed by atoms with Crippen molar-refractivity contribution in [1.82, 2.24) is 0 Å². The SMILES string of the molecule is COc1ccccc1OCCC1(CBr)CCOC1. The topological polar surface area (TPSA) is 27.7 Å². The second-order valence-corrected chi connectivity index (χ2v) is 5.25. The zero-order chi connectivity index (χ0) is 12.8. The molecule has 1 atom stereocenters. The molecule has 2 rings (SSSR count). The van der Waals surface area contributed by atoms with Gasteiger partial charge in [-0.1, -0.05) is 28.1 Å². The maximum absolute atomic E-state index is 5.82. The molecule has 0 aliphatic carbocycles. The summed E-state index contributed by atoms with van der Waals surface area (Å²) in [5.74, 6) is 1.59. The molecule has 1 aromatic rings. The van der Waals surface area contributed by atoms with Gasteiger partial charge in [0.05, 0.1) is 20.3 Å². The number of hydrogen-bond donors (Lipinski definition) is 0. The van der Waals surface area contributed by atoms with E-state index in [2.05, 4.69) is 15.9 Å². The van der Waals surface area contributed by atoms with Crippen LogP contribution in [0.25, 0.3) is 0 Å². The van der Waals surface area contributed by atoms with Crippen LogP contribution in [-0.4, -0.2) is 32.3 Å². The highest BCUT2D eigenvalue weighted by Gasteiger charge is 2.33. The van der Waals surface area contributed by atoms with Crippen molar-refractivity contribution >= 4 is 15.9 Å². The van der Waals surface area contributed by atoms with Gasteiger partial charge in [-0.2, -0.15) is 0 Å². The Morgan fingerprint density at radius 1 is 1.33 bits per heavy atom. The zero-order valence-corrected chi connectivity index (χ0v) is 12.2. The average Bonchev–Trinajstić information content (AvgIpc) is 2.89. The van der Waals surface area contributed by atoms with Crippen LogP contribution in [0.5, 0.6) is 11.5 Å². The fourth-order valence-electron chi connectivity index (χ4n) is 2.13. The van der Waals surface area contributed by atoms with Gasteiger partial charge in [-0.15, -0.1) is 0 Å². The Hall–Kier alpha value is -0.740. The molecule has 1 aliphatic heterocycles. The zero-order valence-electron chi connectivity index (χ0n) is 10.7. The maximum atomic E-state index is 5.82. The number of halogens is 1. The Labute approximate surface area is 117 Å². The van der Waals surface area contributed by atoms with Crippen LogP contribution < -0.4 is 9.47 Å². The summed E-state index contributed by atoms with van der Waals surface area (Å²) >= 11 is 3.59. The predicted molar refractivity (Wildman–Crippen MR) is 74.8 cm³/mol. The van der Waals surface area contributed by atoms with Crippen LogP contribution in [0.4, 0.5) is 0 Å². The second kappa shape index (κ2) is 6.43. The standard InChI is InChI=1S/C14H19BrO3/c1-16-12-4-2-3-5-13(12)18-9-7-14(10-15)6-8-17-11-14/h2-5H,6-11H2,1H3. The van der Waals surface area contributed by atoms with Crippen molar-refractivity contribution in [2.24, 2.45) is 5.41 Å². The first-order valence-electron chi connectivity index (χ1n) is 6.19. The van der Waals surface area contributed by atoms with E-state index in [1.807, 2.05) is 24.3 Å². The summed E-state index contributed by atoms with van der Waals surface area (Å²) in [6.07, 6.45) is 2.10. The first-order chi connectivity index (χ1) is 8.79. The highest BCUT2D eigenvalue weighted by molar-refractivity contribution is 9.09. The molecule has 0 N–H and O–H groups in total. The first kappa shape index (κ1) is 13.7. The molecule has 100 valence electrons. The number of ether oxygens (including phenoxy) is 3. The van der Waals surface area contributed by atoms with Gasteiger partial charge in [0.15, 0.2) is 11.5 Å². The Balaban J connectivity index is 1.88. The van der Waals surface area contributed by atoms with Crippen molar-refractivity contribution in [3.05, 3.63) is 24.3 Å². The van der Waals surface area contributed by atoms with Gasteiger partial charge in [0.2, 0.25) is 0 Å². The maximum Gasteiger partial charge on any atom is 0.161 e. The normalized spacial score (nSPS) is 23.0. The summed E-state index contributed by atoms with van der Waals surface area (Å²) < 4.78 is 16.6. The summed E-state index contributed by atoms with van der Waals surface area (Å²) in [6, 6.07) is 7.74. The Bertz CT molecular complexity index is 375. The molecule has 0 saturated carbocycles. The fourth-order valence-corrected chi connectivity index (χ4v) is 2.86. The monoisotopic (exact) mass is 314 g/mol. The number of alkyl halides is 1. The second-order valence-electron chi connectivity index (χ2n) is 4.69. The van der Waals surface area contributed by atoms with Crippen LogP contribution in [0.2, 0.25) is 0 Å². The lowest BCUT2D eigenvalue weighted by molar-refractivity contribution is 0.144. The largest absolute Gasteiger partial charge is 0.493 e. The van der Waals surface area contributed by atoms with E-state index in [4.69, 9.17) is 14.2 Å². The third-order valence-corrected chi connectivity index (χ3v) is 4.62. The van der Waals surface area contributed by atoms with E-state index in [1.165, 1.54) is 0 Å².